The predicted octanol–water partition coefficient (Wildman–Crippen LogP) is 4.67. The van der Waals surface area contributed by atoms with Gasteiger partial charge in [-0.1, -0.05) is 13.3 Å². The Morgan fingerprint density at radius 3 is 1.97 bits per heavy atom. The molecule has 1 fully saturated rings. The van der Waals surface area contributed by atoms with Crippen LogP contribution in [0.25, 0.3) is 0 Å². The SMILES string of the molecule is CC(CCOC(=O)C=CC(=O)OC1CCCCC1)[SiH](O[Si](C)(C)C)O[Si](C)(C)C. The molecule has 168 valence electrons. The Bertz CT molecular complexity index is 531. The Balaban J connectivity index is 2.40. The summed E-state index contributed by atoms with van der Waals surface area (Å²) in [5.41, 5.74) is 0.237. The first-order valence-electron chi connectivity index (χ1n) is 10.8. The van der Waals surface area contributed by atoms with Crippen LogP contribution in [0.2, 0.25) is 44.8 Å². The molecule has 29 heavy (non-hydrogen) atoms. The fourth-order valence-electron chi connectivity index (χ4n) is 3.01. The van der Waals surface area contributed by atoms with Crippen molar-refractivity contribution in [2.24, 2.45) is 0 Å². The second-order valence-electron chi connectivity index (χ2n) is 9.79. The van der Waals surface area contributed by atoms with Crippen LogP contribution in [0.3, 0.4) is 0 Å². The summed E-state index contributed by atoms with van der Waals surface area (Å²) in [4.78, 5) is 23.7. The van der Waals surface area contributed by atoms with Gasteiger partial charge in [0.2, 0.25) is 0 Å². The van der Waals surface area contributed by atoms with Gasteiger partial charge < -0.3 is 17.7 Å². The van der Waals surface area contributed by atoms with Crippen LogP contribution in [0.5, 0.6) is 0 Å². The first-order valence-corrected chi connectivity index (χ1v) is 19.2. The van der Waals surface area contributed by atoms with E-state index < -0.39 is 37.9 Å². The number of esters is 2. The van der Waals surface area contributed by atoms with Crippen LogP contribution in [0.1, 0.15) is 45.4 Å². The minimum Gasteiger partial charge on any atom is -0.463 e. The molecule has 1 unspecified atom stereocenters. The summed E-state index contributed by atoms with van der Waals surface area (Å²) in [5, 5.41) is 0. The molecular weight excluding hydrogens is 420 g/mol. The number of rotatable bonds is 11. The van der Waals surface area contributed by atoms with Crippen molar-refractivity contribution in [2.75, 3.05) is 6.61 Å². The lowest BCUT2D eigenvalue weighted by molar-refractivity contribution is -0.145. The van der Waals surface area contributed by atoms with Crippen molar-refractivity contribution in [3.63, 3.8) is 0 Å². The largest absolute Gasteiger partial charge is 0.463 e. The molecule has 0 radical (unpaired) electrons. The maximum absolute atomic E-state index is 11.9. The van der Waals surface area contributed by atoms with E-state index >= 15 is 0 Å². The topological polar surface area (TPSA) is 71.1 Å². The number of hydrogen-bond donors (Lipinski definition) is 0. The molecule has 0 bridgehead atoms. The first-order chi connectivity index (χ1) is 13.4. The van der Waals surface area contributed by atoms with Crippen molar-refractivity contribution >= 4 is 37.9 Å². The van der Waals surface area contributed by atoms with Gasteiger partial charge in [0.25, 0.3) is 0 Å². The van der Waals surface area contributed by atoms with Gasteiger partial charge in [-0.25, -0.2) is 9.59 Å². The summed E-state index contributed by atoms with van der Waals surface area (Å²) in [6.07, 6.45) is 8.20. The highest BCUT2D eigenvalue weighted by Gasteiger charge is 2.32. The third-order valence-electron chi connectivity index (χ3n) is 4.41. The van der Waals surface area contributed by atoms with Gasteiger partial charge >= 0.3 is 21.2 Å². The van der Waals surface area contributed by atoms with Crippen molar-refractivity contribution in [3.8, 4) is 0 Å². The molecule has 0 N–H and O–H groups in total. The van der Waals surface area contributed by atoms with Crippen LogP contribution < -0.4 is 0 Å². The molecule has 1 aliphatic carbocycles. The van der Waals surface area contributed by atoms with Crippen LogP contribution in [-0.4, -0.2) is 50.6 Å². The zero-order valence-corrected chi connectivity index (χ0v) is 22.4. The Morgan fingerprint density at radius 1 is 0.931 bits per heavy atom. The predicted molar refractivity (Wildman–Crippen MR) is 123 cm³/mol. The zero-order valence-electron chi connectivity index (χ0n) is 19.3. The number of hydrogen-bond acceptors (Lipinski definition) is 6. The van der Waals surface area contributed by atoms with Crippen molar-refractivity contribution in [2.45, 2.75) is 96.4 Å². The molecule has 1 saturated carbocycles. The van der Waals surface area contributed by atoms with Gasteiger partial charge in [-0.3, -0.25) is 0 Å². The molecule has 0 aromatic heterocycles. The summed E-state index contributed by atoms with van der Waals surface area (Å²) in [7, 11) is -5.25. The van der Waals surface area contributed by atoms with Crippen molar-refractivity contribution in [3.05, 3.63) is 12.2 Å². The summed E-state index contributed by atoms with van der Waals surface area (Å²) in [5.74, 6) is -0.991. The molecule has 1 atom stereocenters. The molecule has 9 heteroatoms. The molecule has 1 aliphatic rings. The smallest absolute Gasteiger partial charge is 0.331 e. The van der Waals surface area contributed by atoms with Crippen molar-refractivity contribution in [1.29, 1.82) is 0 Å². The summed E-state index contributed by atoms with van der Waals surface area (Å²) in [6, 6.07) is 0. The standard InChI is InChI=1S/C20H40O6Si3/c1-17(27(25-28(2,3)4)26-29(5,6)7)15-16-23-19(21)13-14-20(22)24-18-11-9-8-10-12-18/h13-14,17-18,27H,8-12,15-16H2,1-7H3. The van der Waals surface area contributed by atoms with E-state index in [0.717, 1.165) is 31.8 Å². The van der Waals surface area contributed by atoms with Crippen LogP contribution in [0.4, 0.5) is 0 Å². The lowest BCUT2D eigenvalue weighted by Gasteiger charge is -2.33. The van der Waals surface area contributed by atoms with Crippen LogP contribution in [0, 0.1) is 0 Å². The fourth-order valence-corrected chi connectivity index (χ4v) is 11.5. The Kier molecular flexibility index (Phi) is 11.0. The number of ether oxygens (including phenoxy) is 2. The van der Waals surface area contributed by atoms with Gasteiger partial charge in [0.15, 0.2) is 16.6 Å². The Morgan fingerprint density at radius 2 is 1.45 bits per heavy atom. The highest BCUT2D eigenvalue weighted by molar-refractivity contribution is 6.81. The minimum absolute atomic E-state index is 0.0163. The molecule has 0 spiro atoms. The van der Waals surface area contributed by atoms with Gasteiger partial charge in [-0.05, 0) is 76.9 Å². The van der Waals surface area contributed by atoms with Gasteiger partial charge in [0, 0.05) is 12.2 Å². The molecule has 1 rings (SSSR count). The van der Waals surface area contributed by atoms with E-state index in [0.29, 0.717) is 6.42 Å². The van der Waals surface area contributed by atoms with Crippen molar-refractivity contribution < 1.29 is 27.3 Å². The van der Waals surface area contributed by atoms with Crippen LogP contribution >= 0.6 is 0 Å². The average Bonchev–Trinajstić information content (AvgIpc) is 2.58. The van der Waals surface area contributed by atoms with E-state index in [9.17, 15) is 9.59 Å². The lowest BCUT2D eigenvalue weighted by atomic mass is 9.98. The molecular formula is C20H40O6Si3. The monoisotopic (exact) mass is 460 g/mol. The number of carbonyl (C=O) groups excluding carboxylic acids is 2. The van der Waals surface area contributed by atoms with Gasteiger partial charge in [-0.15, -0.1) is 0 Å². The summed E-state index contributed by atoms with van der Waals surface area (Å²) in [6.45, 7) is 15.4. The molecule has 0 heterocycles. The zero-order chi connectivity index (χ0) is 22.1. The maximum atomic E-state index is 11.9. The highest BCUT2D eigenvalue weighted by atomic mass is 28.4. The molecule has 0 aliphatic heterocycles. The fraction of sp³-hybridized carbons (Fsp3) is 0.800. The lowest BCUT2D eigenvalue weighted by Crippen LogP contribution is -2.45. The Labute approximate surface area is 180 Å². The number of carbonyl (C=O) groups is 2. The minimum atomic E-state index is -1.86. The second kappa shape index (κ2) is 12.2. The Hall–Kier alpha value is -0.749. The van der Waals surface area contributed by atoms with Gasteiger partial charge in [0.1, 0.15) is 6.10 Å². The third kappa shape index (κ3) is 13.2. The molecule has 0 aromatic rings. The van der Waals surface area contributed by atoms with E-state index in [4.69, 9.17) is 17.7 Å². The van der Waals surface area contributed by atoms with Crippen LogP contribution in [-0.2, 0) is 27.3 Å². The molecule has 0 amide bonds. The molecule has 0 saturated heterocycles. The quantitative estimate of drug-likeness (QED) is 0.254. The van der Waals surface area contributed by atoms with E-state index in [1.54, 1.807) is 0 Å². The van der Waals surface area contributed by atoms with E-state index in [-0.39, 0.29) is 18.3 Å². The summed E-state index contributed by atoms with van der Waals surface area (Å²) >= 11 is 0. The van der Waals surface area contributed by atoms with E-state index in [1.165, 1.54) is 12.5 Å². The third-order valence-corrected chi connectivity index (χ3v) is 13.2. The van der Waals surface area contributed by atoms with Crippen LogP contribution in [0.15, 0.2) is 12.2 Å². The molecule has 0 aromatic carbocycles. The highest BCUT2D eigenvalue weighted by Crippen LogP contribution is 2.23. The van der Waals surface area contributed by atoms with Crippen molar-refractivity contribution in [1.82, 2.24) is 0 Å². The summed E-state index contributed by atoms with van der Waals surface area (Å²) < 4.78 is 23.3. The molecule has 6 nitrogen and oxygen atoms in total. The van der Waals surface area contributed by atoms with Gasteiger partial charge in [-0.2, -0.15) is 0 Å². The van der Waals surface area contributed by atoms with E-state index in [1.807, 2.05) is 0 Å². The average molecular weight is 461 g/mol. The second-order valence-corrected chi connectivity index (χ2v) is 22.0. The maximum Gasteiger partial charge on any atom is 0.331 e. The van der Waals surface area contributed by atoms with E-state index in [2.05, 4.69) is 46.2 Å². The first kappa shape index (κ1) is 26.3. The normalized spacial score (nSPS) is 17.5. The van der Waals surface area contributed by atoms with Gasteiger partial charge in [0.05, 0.1) is 6.61 Å².